The van der Waals surface area contributed by atoms with Gasteiger partial charge in [0.2, 0.25) is 5.91 Å². The van der Waals surface area contributed by atoms with Crippen LogP contribution in [0.15, 0.2) is 48.5 Å². The van der Waals surface area contributed by atoms with Gasteiger partial charge in [-0.15, -0.1) is 11.3 Å². The maximum absolute atomic E-state index is 17.2. The Balaban J connectivity index is 1.16. The highest BCUT2D eigenvalue weighted by atomic mass is 35.5. The molecule has 5 atom stereocenters. The second kappa shape index (κ2) is 12.9. The van der Waals surface area contributed by atoms with Gasteiger partial charge in [-0.2, -0.15) is 5.26 Å². The van der Waals surface area contributed by atoms with E-state index < -0.39 is 5.82 Å². The lowest BCUT2D eigenvalue weighted by molar-refractivity contribution is -0.133. The van der Waals surface area contributed by atoms with Gasteiger partial charge in [-0.05, 0) is 81.3 Å². The van der Waals surface area contributed by atoms with Crippen molar-refractivity contribution in [3.8, 4) is 22.9 Å². The van der Waals surface area contributed by atoms with E-state index in [0.29, 0.717) is 58.1 Å². The van der Waals surface area contributed by atoms with Gasteiger partial charge in [0.1, 0.15) is 17.4 Å². The smallest absolute Gasteiger partial charge is 0.226 e. The van der Waals surface area contributed by atoms with E-state index in [1.807, 2.05) is 32.0 Å². The molecule has 5 fully saturated rings. The number of nitrogens with one attached hydrogen (secondary N) is 1. The molecule has 274 valence electrons. The van der Waals surface area contributed by atoms with Gasteiger partial charge in [0, 0.05) is 70.7 Å². The van der Waals surface area contributed by atoms with Gasteiger partial charge >= 0.3 is 0 Å². The summed E-state index contributed by atoms with van der Waals surface area (Å²) in [6.07, 6.45) is 3.84. The number of pyridine rings is 1. The summed E-state index contributed by atoms with van der Waals surface area (Å²) in [4.78, 5) is 25.8. The van der Waals surface area contributed by atoms with Gasteiger partial charge in [0.05, 0.1) is 55.5 Å². The molecule has 0 radical (unpaired) electrons. The SMILES string of the molecule is Cc1nc2cc(O[C@H]3C[C@H](c4cc5c(C)nc6c(F)c(-c7cccc(Cl)c7Cl)c(CCC#N)cc6c5n4[C@H]4[C@H]5CN[C@@H]4C5)N(C(=O)C4CC4)C3)ccc2s1. The Morgan fingerprint density at radius 1 is 1.11 bits per heavy atom. The lowest BCUT2D eigenvalue weighted by Gasteiger charge is -2.39. The number of fused-ring (bicyclic) bond motifs is 5. The summed E-state index contributed by atoms with van der Waals surface area (Å²) in [7, 11) is 0. The zero-order chi connectivity index (χ0) is 37.0. The number of carbonyl (C=O) groups is 1. The first-order chi connectivity index (χ1) is 26.2. The number of nitriles is 1. The van der Waals surface area contributed by atoms with Crippen LogP contribution in [-0.4, -0.2) is 50.6 Å². The largest absolute Gasteiger partial charge is 0.488 e. The molecule has 3 aromatic carbocycles. The van der Waals surface area contributed by atoms with E-state index in [1.165, 1.54) is 0 Å². The number of carbonyl (C=O) groups excluding carboxylic acids is 1. The molecule has 8 nitrogen and oxygen atoms in total. The minimum Gasteiger partial charge on any atom is -0.488 e. The van der Waals surface area contributed by atoms with Crippen LogP contribution in [0, 0.1) is 42.8 Å². The van der Waals surface area contributed by atoms with Crippen LogP contribution in [-0.2, 0) is 11.2 Å². The molecule has 0 unspecified atom stereocenters. The van der Waals surface area contributed by atoms with Crippen molar-refractivity contribution in [2.24, 2.45) is 11.8 Å². The quantitative estimate of drug-likeness (QED) is 0.165. The Morgan fingerprint density at radius 2 is 1.96 bits per heavy atom. The molecule has 6 heterocycles. The molecule has 2 bridgehead atoms. The van der Waals surface area contributed by atoms with Gasteiger partial charge in [0.15, 0.2) is 5.82 Å². The van der Waals surface area contributed by atoms with Crippen LogP contribution >= 0.6 is 34.5 Å². The fraction of sp³-hybridized carbons (Fsp3) is 0.381. The average Bonchev–Trinajstić information content (AvgIpc) is 3.55. The number of hydrogen-bond donors (Lipinski definition) is 1. The summed E-state index contributed by atoms with van der Waals surface area (Å²) in [6.45, 7) is 5.34. The first-order valence-corrected chi connectivity index (χ1v) is 20.3. The van der Waals surface area contributed by atoms with E-state index in [-0.39, 0.29) is 53.0 Å². The first-order valence-electron chi connectivity index (χ1n) is 18.7. The third-order valence-corrected chi connectivity index (χ3v) is 13.8. The number of aryl methyl sites for hydroxylation is 3. The summed E-state index contributed by atoms with van der Waals surface area (Å²) in [5, 5.41) is 16.6. The number of likely N-dealkylation sites (tertiary alicyclic amines) is 1. The van der Waals surface area contributed by atoms with Gasteiger partial charge in [0.25, 0.3) is 0 Å². The van der Waals surface area contributed by atoms with Crippen molar-refractivity contribution in [1.82, 2.24) is 24.8 Å². The molecule has 11 rings (SSSR count). The zero-order valence-corrected chi connectivity index (χ0v) is 32.2. The molecule has 0 spiro atoms. The number of thiazole rings is 1. The van der Waals surface area contributed by atoms with E-state index in [4.69, 9.17) is 32.9 Å². The van der Waals surface area contributed by atoms with Gasteiger partial charge < -0.3 is 19.5 Å². The maximum Gasteiger partial charge on any atom is 0.226 e. The molecule has 54 heavy (non-hydrogen) atoms. The predicted octanol–water partition coefficient (Wildman–Crippen LogP) is 9.65. The minimum atomic E-state index is -0.481. The van der Waals surface area contributed by atoms with Crippen molar-refractivity contribution >= 4 is 72.5 Å². The van der Waals surface area contributed by atoms with Crippen molar-refractivity contribution in [2.75, 3.05) is 13.1 Å². The maximum atomic E-state index is 17.2. The van der Waals surface area contributed by atoms with Gasteiger partial charge in [-0.1, -0.05) is 35.3 Å². The van der Waals surface area contributed by atoms with Crippen molar-refractivity contribution < 1.29 is 13.9 Å². The molecule has 12 heteroatoms. The highest BCUT2D eigenvalue weighted by Gasteiger charge is 2.51. The molecule has 1 amide bonds. The topological polar surface area (TPSA) is 96.1 Å². The molecular weight excluding hydrogens is 742 g/mol. The van der Waals surface area contributed by atoms with Crippen LogP contribution in [0.5, 0.6) is 5.75 Å². The van der Waals surface area contributed by atoms with Gasteiger partial charge in [-0.3, -0.25) is 4.79 Å². The molecule has 2 aliphatic carbocycles. The van der Waals surface area contributed by atoms with E-state index in [9.17, 15) is 10.1 Å². The van der Waals surface area contributed by atoms with E-state index in [2.05, 4.69) is 38.0 Å². The number of rotatable bonds is 8. The molecule has 6 aromatic rings. The number of benzene rings is 3. The Morgan fingerprint density at radius 3 is 2.72 bits per heavy atom. The number of ether oxygens (including phenoxy) is 1. The van der Waals surface area contributed by atoms with Crippen LogP contribution in [0.25, 0.3) is 43.1 Å². The normalized spacial score (nSPS) is 23.4. The molecule has 3 aliphatic heterocycles. The highest BCUT2D eigenvalue weighted by molar-refractivity contribution is 7.18. The molecule has 3 aromatic heterocycles. The van der Waals surface area contributed by atoms with Crippen molar-refractivity contribution in [3.63, 3.8) is 0 Å². The third-order valence-electron chi connectivity index (χ3n) is 12.0. The molecule has 5 aliphatic rings. The second-order valence-corrected chi connectivity index (χ2v) is 17.4. The lowest BCUT2D eigenvalue weighted by atomic mass is 9.79. The zero-order valence-electron chi connectivity index (χ0n) is 29.8. The molecule has 2 saturated carbocycles. The van der Waals surface area contributed by atoms with Crippen LogP contribution in [0.1, 0.15) is 66.1 Å². The Bertz CT molecular complexity index is 2580. The standard InChI is InChI=1S/C42H37Cl2FN6O2S/c1-20-28-17-34(33-16-26(19-50(33)42(52)22-8-9-22)53-25-10-11-35-31(15-25)49-21(2)54-35)51(40-24-14-32(40)47-18-24)41(28)29-13-23(5-4-12-46)36(38(45)39(29)48-20)27-6-3-7-30(43)37(27)44/h3,6-7,10-11,13,15,17,22,24,26,32-33,40,47H,4-5,8-9,14,16,18-19H2,1-2H3/t24-,26+,32-,33-,40+/m1/s1. The summed E-state index contributed by atoms with van der Waals surface area (Å²) < 4.78 is 27.5. The van der Waals surface area contributed by atoms with E-state index in [1.54, 1.807) is 29.5 Å². The number of aromatic nitrogens is 3. The Hall–Kier alpha value is -4.27. The van der Waals surface area contributed by atoms with Gasteiger partial charge in [-0.25, -0.2) is 14.4 Å². The second-order valence-electron chi connectivity index (χ2n) is 15.4. The van der Waals surface area contributed by atoms with Crippen molar-refractivity contribution in [1.29, 1.82) is 5.26 Å². The monoisotopic (exact) mass is 778 g/mol. The first kappa shape index (κ1) is 34.2. The van der Waals surface area contributed by atoms with Crippen LogP contribution in [0.2, 0.25) is 10.0 Å². The fourth-order valence-electron chi connectivity index (χ4n) is 9.36. The van der Waals surface area contributed by atoms with Crippen molar-refractivity contribution in [3.05, 3.63) is 86.4 Å². The number of halogens is 3. The molecular formula is C42H37Cl2FN6O2S. The lowest BCUT2D eigenvalue weighted by Crippen LogP contribution is -2.41. The molecule has 3 saturated heterocycles. The van der Waals surface area contributed by atoms with E-state index in [0.717, 1.165) is 63.4 Å². The molecule has 1 N–H and O–H groups in total. The van der Waals surface area contributed by atoms with Crippen LogP contribution in [0.4, 0.5) is 4.39 Å². The minimum absolute atomic E-state index is 0.0396. The summed E-state index contributed by atoms with van der Waals surface area (Å²) in [6, 6.07) is 17.9. The third kappa shape index (κ3) is 5.42. The number of amides is 1. The Kier molecular flexibility index (Phi) is 8.19. The predicted molar refractivity (Wildman–Crippen MR) is 211 cm³/mol. The number of nitrogens with zero attached hydrogens (tertiary/aromatic N) is 5. The summed E-state index contributed by atoms with van der Waals surface area (Å²) >= 11 is 14.8. The van der Waals surface area contributed by atoms with E-state index >= 15 is 4.39 Å². The number of hydrogen-bond acceptors (Lipinski definition) is 7. The highest BCUT2D eigenvalue weighted by Crippen LogP contribution is 2.51. The fourth-order valence-corrected chi connectivity index (χ4v) is 10.6. The summed E-state index contributed by atoms with van der Waals surface area (Å²) in [5.74, 6) is 0.898. The Labute approximate surface area is 325 Å². The van der Waals surface area contributed by atoms with Crippen molar-refractivity contribution in [2.45, 2.75) is 76.6 Å². The van der Waals surface area contributed by atoms with Crippen LogP contribution in [0.3, 0.4) is 0 Å². The average molecular weight is 780 g/mol. The van der Waals surface area contributed by atoms with Crippen LogP contribution < -0.4 is 10.1 Å². The summed E-state index contributed by atoms with van der Waals surface area (Å²) in [5.41, 5.74) is 5.31.